The van der Waals surface area contributed by atoms with E-state index in [4.69, 9.17) is 18.9 Å². The van der Waals surface area contributed by atoms with Gasteiger partial charge in [-0.3, -0.25) is 9.59 Å². The van der Waals surface area contributed by atoms with Crippen molar-refractivity contribution in [3.05, 3.63) is 23.3 Å². The van der Waals surface area contributed by atoms with Crippen LogP contribution < -0.4 is 9.47 Å². The highest BCUT2D eigenvalue weighted by Crippen LogP contribution is 2.46. The summed E-state index contributed by atoms with van der Waals surface area (Å²) in [5, 5.41) is 0. The minimum Gasteiger partial charge on any atom is -0.496 e. The minimum atomic E-state index is -0.778. The number of rotatable bonds is 7. The van der Waals surface area contributed by atoms with Gasteiger partial charge in [0.25, 0.3) is 0 Å². The van der Waals surface area contributed by atoms with Crippen LogP contribution in [0.5, 0.6) is 11.5 Å². The van der Waals surface area contributed by atoms with Crippen molar-refractivity contribution in [1.82, 2.24) is 0 Å². The van der Waals surface area contributed by atoms with Crippen LogP contribution >= 0.6 is 0 Å². The van der Waals surface area contributed by atoms with Gasteiger partial charge in [0.2, 0.25) is 0 Å². The van der Waals surface area contributed by atoms with Crippen LogP contribution in [0.2, 0.25) is 0 Å². The molecule has 24 heavy (non-hydrogen) atoms. The maximum Gasteiger partial charge on any atom is 0.311 e. The lowest BCUT2D eigenvalue weighted by Gasteiger charge is -2.19. The number of carbonyl (C=O) groups is 2. The van der Waals surface area contributed by atoms with Gasteiger partial charge in [-0.25, -0.2) is 0 Å². The van der Waals surface area contributed by atoms with Crippen molar-refractivity contribution in [3.63, 3.8) is 0 Å². The van der Waals surface area contributed by atoms with E-state index in [2.05, 4.69) is 0 Å². The van der Waals surface area contributed by atoms with Crippen molar-refractivity contribution in [2.24, 2.45) is 5.92 Å². The lowest BCUT2D eigenvalue weighted by Crippen LogP contribution is -2.22. The fraction of sp³-hybridized carbons (Fsp3) is 0.556. The number of hydrogen-bond donors (Lipinski definition) is 0. The standard InChI is InChI=1S/C18H24O6/c1-11(2)6-17(20)24-16-7-12(3)15(21-5)8-14(16)18(10-23-18)9-22-13(4)19/h7-8,11H,6,9-10H2,1-5H3. The molecule has 1 unspecified atom stereocenters. The molecule has 1 aliphatic heterocycles. The van der Waals surface area contributed by atoms with Crippen LogP contribution in [-0.4, -0.2) is 32.3 Å². The van der Waals surface area contributed by atoms with Gasteiger partial charge in [0.05, 0.1) is 13.7 Å². The molecule has 1 aromatic carbocycles. The van der Waals surface area contributed by atoms with Gasteiger partial charge in [0.1, 0.15) is 18.1 Å². The van der Waals surface area contributed by atoms with Crippen LogP contribution in [0.25, 0.3) is 0 Å². The molecular weight excluding hydrogens is 312 g/mol. The van der Waals surface area contributed by atoms with Gasteiger partial charge in [-0.05, 0) is 30.5 Å². The van der Waals surface area contributed by atoms with Crippen molar-refractivity contribution >= 4 is 11.9 Å². The zero-order chi connectivity index (χ0) is 17.9. The van der Waals surface area contributed by atoms with Crippen molar-refractivity contribution in [2.75, 3.05) is 20.3 Å². The Kier molecular flexibility index (Phi) is 5.49. The van der Waals surface area contributed by atoms with E-state index < -0.39 is 5.60 Å². The molecule has 1 fully saturated rings. The zero-order valence-corrected chi connectivity index (χ0v) is 14.8. The van der Waals surface area contributed by atoms with Crippen LogP contribution in [0.15, 0.2) is 12.1 Å². The molecule has 6 nitrogen and oxygen atoms in total. The van der Waals surface area contributed by atoms with Gasteiger partial charge in [0, 0.05) is 18.9 Å². The van der Waals surface area contributed by atoms with Gasteiger partial charge >= 0.3 is 11.9 Å². The van der Waals surface area contributed by atoms with Crippen LogP contribution in [-0.2, 0) is 24.7 Å². The molecule has 0 radical (unpaired) electrons. The number of esters is 2. The molecule has 6 heteroatoms. The second-order valence-corrected chi connectivity index (χ2v) is 6.45. The lowest BCUT2D eigenvalue weighted by atomic mass is 9.97. The van der Waals surface area contributed by atoms with Gasteiger partial charge in [-0.15, -0.1) is 0 Å². The van der Waals surface area contributed by atoms with Gasteiger partial charge in [0.15, 0.2) is 5.60 Å². The Morgan fingerprint density at radius 2 is 1.96 bits per heavy atom. The minimum absolute atomic E-state index is 0.0727. The first-order chi connectivity index (χ1) is 11.3. The summed E-state index contributed by atoms with van der Waals surface area (Å²) in [5.74, 6) is 0.587. The quantitative estimate of drug-likeness (QED) is 0.433. The summed E-state index contributed by atoms with van der Waals surface area (Å²) in [4.78, 5) is 23.2. The SMILES string of the molecule is COc1cc(C2(COC(C)=O)CO2)c(OC(=O)CC(C)C)cc1C. The Bertz CT molecular complexity index is 631. The van der Waals surface area contributed by atoms with E-state index in [1.807, 2.05) is 20.8 Å². The summed E-state index contributed by atoms with van der Waals surface area (Å²) in [5.41, 5.74) is 0.722. The summed E-state index contributed by atoms with van der Waals surface area (Å²) in [6, 6.07) is 3.54. The number of ether oxygens (including phenoxy) is 4. The van der Waals surface area contributed by atoms with Crippen LogP contribution in [0.3, 0.4) is 0 Å². The third-order valence-electron chi connectivity index (χ3n) is 3.79. The average Bonchev–Trinajstić information content (AvgIpc) is 3.25. The first kappa shape index (κ1) is 18.3. The molecule has 0 N–H and O–H groups in total. The van der Waals surface area contributed by atoms with E-state index in [9.17, 15) is 9.59 Å². The molecule has 0 aliphatic carbocycles. The second-order valence-electron chi connectivity index (χ2n) is 6.45. The molecule has 0 amide bonds. The Hall–Kier alpha value is -2.08. The maximum absolute atomic E-state index is 12.1. The van der Waals surface area contributed by atoms with Crippen molar-refractivity contribution in [3.8, 4) is 11.5 Å². The van der Waals surface area contributed by atoms with Crippen molar-refractivity contribution in [1.29, 1.82) is 0 Å². The molecule has 1 saturated heterocycles. The van der Waals surface area contributed by atoms with E-state index in [0.717, 1.165) is 5.56 Å². The van der Waals surface area contributed by atoms with E-state index in [1.165, 1.54) is 6.92 Å². The Morgan fingerprint density at radius 3 is 2.46 bits per heavy atom. The smallest absolute Gasteiger partial charge is 0.311 e. The molecule has 1 atom stereocenters. The highest BCUT2D eigenvalue weighted by Gasteiger charge is 2.50. The van der Waals surface area contributed by atoms with E-state index in [1.54, 1.807) is 19.2 Å². The van der Waals surface area contributed by atoms with E-state index in [0.29, 0.717) is 30.1 Å². The summed E-state index contributed by atoms with van der Waals surface area (Å²) < 4.78 is 21.6. The molecule has 1 heterocycles. The monoisotopic (exact) mass is 336 g/mol. The molecule has 0 saturated carbocycles. The van der Waals surface area contributed by atoms with Crippen LogP contribution in [0.4, 0.5) is 0 Å². The molecule has 0 aromatic heterocycles. The average molecular weight is 336 g/mol. The Labute approximate surface area is 142 Å². The van der Waals surface area contributed by atoms with Gasteiger partial charge in [-0.1, -0.05) is 13.8 Å². The van der Waals surface area contributed by atoms with E-state index in [-0.39, 0.29) is 24.5 Å². The largest absolute Gasteiger partial charge is 0.496 e. The van der Waals surface area contributed by atoms with Crippen molar-refractivity contribution in [2.45, 2.75) is 39.7 Å². The predicted molar refractivity (Wildman–Crippen MR) is 87.1 cm³/mol. The molecule has 0 bridgehead atoms. The predicted octanol–water partition coefficient (Wildman–Crippen LogP) is 2.74. The zero-order valence-electron chi connectivity index (χ0n) is 14.8. The highest BCUT2D eigenvalue weighted by molar-refractivity contribution is 5.73. The number of epoxide rings is 1. The van der Waals surface area contributed by atoms with Crippen LogP contribution in [0.1, 0.15) is 38.3 Å². The fourth-order valence-electron chi connectivity index (χ4n) is 2.44. The molecule has 132 valence electrons. The number of methoxy groups -OCH3 is 1. The summed E-state index contributed by atoms with van der Waals surface area (Å²) in [7, 11) is 1.57. The number of benzene rings is 1. The normalized spacial score (nSPS) is 19.1. The maximum atomic E-state index is 12.1. The number of aryl methyl sites for hydroxylation is 1. The first-order valence-electron chi connectivity index (χ1n) is 7.94. The summed E-state index contributed by atoms with van der Waals surface area (Å²) >= 11 is 0. The Balaban J connectivity index is 2.33. The number of carbonyl (C=O) groups excluding carboxylic acids is 2. The molecule has 0 spiro atoms. The van der Waals surface area contributed by atoms with E-state index >= 15 is 0 Å². The second kappa shape index (κ2) is 7.21. The summed E-state index contributed by atoms with van der Waals surface area (Å²) in [6.07, 6.45) is 0.322. The third kappa shape index (κ3) is 4.26. The molecule has 2 rings (SSSR count). The summed E-state index contributed by atoms with van der Waals surface area (Å²) in [6.45, 7) is 7.58. The lowest BCUT2D eigenvalue weighted by molar-refractivity contribution is -0.143. The van der Waals surface area contributed by atoms with Crippen LogP contribution in [0, 0.1) is 12.8 Å². The Morgan fingerprint density at radius 1 is 1.29 bits per heavy atom. The molecule has 1 aliphatic rings. The van der Waals surface area contributed by atoms with Crippen molar-refractivity contribution < 1.29 is 28.5 Å². The van der Waals surface area contributed by atoms with Gasteiger partial charge < -0.3 is 18.9 Å². The topological polar surface area (TPSA) is 74.4 Å². The first-order valence-corrected chi connectivity index (χ1v) is 7.94. The molecular formula is C18H24O6. The molecule has 1 aromatic rings. The number of hydrogen-bond acceptors (Lipinski definition) is 6. The van der Waals surface area contributed by atoms with Gasteiger partial charge in [-0.2, -0.15) is 0 Å². The fourth-order valence-corrected chi connectivity index (χ4v) is 2.44. The third-order valence-corrected chi connectivity index (χ3v) is 3.79. The highest BCUT2D eigenvalue weighted by atomic mass is 16.6.